The summed E-state index contributed by atoms with van der Waals surface area (Å²) in [6.45, 7) is 0.259. The average Bonchev–Trinajstić information content (AvgIpc) is 3.01. The van der Waals surface area contributed by atoms with Crippen molar-refractivity contribution in [2.75, 3.05) is 0 Å². The van der Waals surface area contributed by atoms with Gasteiger partial charge < -0.3 is 24.6 Å². The third-order valence-electron chi connectivity index (χ3n) is 6.78. The number of carbonyl (C=O) groups excluding carboxylic acids is 2. The molecule has 4 aromatic carbocycles. The zero-order valence-corrected chi connectivity index (χ0v) is 21.8. The normalized spacial score (nSPS) is 20.6. The molecule has 40 heavy (non-hydrogen) atoms. The van der Waals surface area contributed by atoms with Gasteiger partial charge in [-0.3, -0.25) is 4.79 Å². The highest BCUT2D eigenvalue weighted by Gasteiger charge is 2.49. The molecule has 1 saturated heterocycles. The number of rotatable bonds is 10. The Morgan fingerprint density at radius 1 is 0.700 bits per heavy atom. The summed E-state index contributed by atoms with van der Waals surface area (Å²) in [4.78, 5) is 26.8. The Balaban J connectivity index is 1.36. The Bertz CT molecular complexity index is 1330. The molecule has 1 aliphatic heterocycles. The lowest BCUT2D eigenvalue weighted by Gasteiger charge is -2.39. The van der Waals surface area contributed by atoms with Crippen molar-refractivity contribution in [2.24, 2.45) is 0 Å². The molecule has 7 nitrogen and oxygen atoms in total. The van der Waals surface area contributed by atoms with Crippen molar-refractivity contribution in [2.45, 2.75) is 43.7 Å². The lowest BCUT2D eigenvalue weighted by Crippen LogP contribution is -2.66. The highest BCUT2D eigenvalue weighted by atomic mass is 16.6. The van der Waals surface area contributed by atoms with E-state index in [0.717, 1.165) is 22.3 Å². The van der Waals surface area contributed by atoms with Gasteiger partial charge in [-0.05, 0) is 22.3 Å². The summed E-state index contributed by atoms with van der Waals surface area (Å²) in [6.07, 6.45) is -4.39. The van der Waals surface area contributed by atoms with Crippen molar-refractivity contribution in [1.29, 1.82) is 0 Å². The Labute approximate surface area is 233 Å². The smallest absolute Gasteiger partial charge is 0.332 e. The molecule has 1 amide bonds. The number of ether oxygens (including phenoxy) is 3. The first kappa shape index (κ1) is 27.3. The first-order chi connectivity index (χ1) is 19.6. The van der Waals surface area contributed by atoms with E-state index in [1.807, 2.05) is 121 Å². The number of amides is 1. The average molecular weight is 538 g/mol. The van der Waals surface area contributed by atoms with Crippen LogP contribution in [-0.4, -0.2) is 41.3 Å². The third kappa shape index (κ3) is 6.63. The molecule has 0 spiro atoms. The van der Waals surface area contributed by atoms with E-state index in [0.29, 0.717) is 0 Å². The Kier molecular flexibility index (Phi) is 8.98. The van der Waals surface area contributed by atoms with Crippen LogP contribution < -0.4 is 5.32 Å². The second-order valence-electron chi connectivity index (χ2n) is 9.59. The van der Waals surface area contributed by atoms with Gasteiger partial charge in [-0.2, -0.15) is 0 Å². The topological polar surface area (TPSA) is 94.1 Å². The minimum atomic E-state index is -1.41. The van der Waals surface area contributed by atoms with Gasteiger partial charge in [-0.1, -0.05) is 121 Å². The van der Waals surface area contributed by atoms with Gasteiger partial charge in [0.05, 0.1) is 13.2 Å². The molecule has 2 N–H and O–H groups in total. The van der Waals surface area contributed by atoms with Crippen LogP contribution in [0.2, 0.25) is 0 Å². The van der Waals surface area contributed by atoms with Crippen LogP contribution in [0.25, 0.3) is 0 Å². The summed E-state index contributed by atoms with van der Waals surface area (Å²) in [5.74, 6) is -1.33. The molecule has 0 unspecified atom stereocenters. The van der Waals surface area contributed by atoms with E-state index in [4.69, 9.17) is 14.2 Å². The molecule has 4 atom stereocenters. The predicted octanol–water partition coefficient (Wildman–Crippen LogP) is 4.35. The van der Waals surface area contributed by atoms with Gasteiger partial charge in [0.25, 0.3) is 5.91 Å². The Hall–Kier alpha value is -4.30. The lowest BCUT2D eigenvalue weighted by molar-refractivity contribution is -0.186. The van der Waals surface area contributed by atoms with Gasteiger partial charge in [0.2, 0.25) is 0 Å². The van der Waals surface area contributed by atoms with E-state index < -0.39 is 42.3 Å². The number of benzene rings is 4. The van der Waals surface area contributed by atoms with Crippen LogP contribution in [-0.2, 0) is 37.0 Å². The zero-order valence-electron chi connectivity index (χ0n) is 21.8. The number of aliphatic hydroxyl groups excluding tert-OH is 1. The van der Waals surface area contributed by atoms with Crippen LogP contribution in [0.3, 0.4) is 0 Å². The molecule has 0 bridgehead atoms. The van der Waals surface area contributed by atoms with Gasteiger partial charge in [0.1, 0.15) is 12.2 Å². The molecule has 7 heteroatoms. The lowest BCUT2D eigenvalue weighted by atomic mass is 9.94. The molecule has 1 heterocycles. The second kappa shape index (κ2) is 13.2. The second-order valence-corrected chi connectivity index (χ2v) is 9.59. The van der Waals surface area contributed by atoms with Gasteiger partial charge in [0, 0.05) is 0 Å². The number of esters is 1. The number of hydrogen-bond acceptors (Lipinski definition) is 6. The fourth-order valence-corrected chi connectivity index (χ4v) is 4.69. The minimum absolute atomic E-state index is 0.124. The highest BCUT2D eigenvalue weighted by molar-refractivity contribution is 5.90. The number of aliphatic hydroxyl groups is 1. The van der Waals surface area contributed by atoms with Crippen molar-refractivity contribution in [1.82, 2.24) is 5.32 Å². The van der Waals surface area contributed by atoms with Gasteiger partial charge in [-0.15, -0.1) is 0 Å². The summed E-state index contributed by atoms with van der Waals surface area (Å²) >= 11 is 0. The van der Waals surface area contributed by atoms with Gasteiger partial charge in [-0.25, -0.2) is 4.79 Å². The van der Waals surface area contributed by atoms with E-state index in [1.165, 1.54) is 0 Å². The zero-order chi connectivity index (χ0) is 27.7. The van der Waals surface area contributed by atoms with Gasteiger partial charge in [0.15, 0.2) is 18.2 Å². The molecular formula is C33H31NO6. The van der Waals surface area contributed by atoms with E-state index in [-0.39, 0.29) is 13.2 Å². The van der Waals surface area contributed by atoms with Crippen LogP contribution in [0.5, 0.6) is 0 Å². The van der Waals surface area contributed by atoms with Crippen molar-refractivity contribution in [3.05, 3.63) is 144 Å². The highest BCUT2D eigenvalue weighted by Crippen LogP contribution is 2.28. The fourth-order valence-electron chi connectivity index (χ4n) is 4.69. The van der Waals surface area contributed by atoms with E-state index in [9.17, 15) is 14.7 Å². The maximum Gasteiger partial charge on any atom is 0.332 e. The number of nitrogens with one attached hydrogen (secondary N) is 1. The van der Waals surface area contributed by atoms with Crippen LogP contribution in [0.15, 0.2) is 121 Å². The van der Waals surface area contributed by atoms with Gasteiger partial charge >= 0.3 is 5.97 Å². The molecular weight excluding hydrogens is 506 g/mol. The first-order valence-corrected chi connectivity index (χ1v) is 13.2. The van der Waals surface area contributed by atoms with Crippen LogP contribution in [0.1, 0.15) is 28.4 Å². The van der Waals surface area contributed by atoms with Crippen molar-refractivity contribution < 1.29 is 28.9 Å². The quantitative estimate of drug-likeness (QED) is 0.292. The molecule has 0 aromatic heterocycles. The van der Waals surface area contributed by atoms with Crippen LogP contribution >= 0.6 is 0 Å². The maximum absolute atomic E-state index is 13.5. The summed E-state index contributed by atoms with van der Waals surface area (Å²) in [5, 5.41) is 14.0. The predicted molar refractivity (Wildman–Crippen MR) is 149 cm³/mol. The van der Waals surface area contributed by atoms with E-state index >= 15 is 0 Å². The minimum Gasteiger partial charge on any atom is -0.451 e. The van der Waals surface area contributed by atoms with Crippen molar-refractivity contribution in [3.63, 3.8) is 0 Å². The SMILES string of the molecule is O=C(OC(c1ccccc1)c1ccccc1)[C@H]1NC(=O)[C@H](OCc2ccccc2)[C@@H](OCc2ccccc2)[C@H]1O. The largest absolute Gasteiger partial charge is 0.451 e. The maximum atomic E-state index is 13.5. The van der Waals surface area contributed by atoms with E-state index in [1.54, 1.807) is 0 Å². The number of carbonyl (C=O) groups is 2. The molecule has 204 valence electrons. The molecule has 1 aliphatic rings. The number of piperidine rings is 1. The summed E-state index contributed by atoms with van der Waals surface area (Å²) in [6, 6.07) is 36.1. The Morgan fingerprint density at radius 3 is 1.65 bits per heavy atom. The van der Waals surface area contributed by atoms with Crippen LogP contribution in [0, 0.1) is 0 Å². The molecule has 1 fully saturated rings. The van der Waals surface area contributed by atoms with Crippen molar-refractivity contribution >= 4 is 11.9 Å². The summed E-state index contributed by atoms with van der Waals surface area (Å²) in [7, 11) is 0. The van der Waals surface area contributed by atoms with Crippen LogP contribution in [0.4, 0.5) is 0 Å². The monoisotopic (exact) mass is 537 g/mol. The number of hydrogen-bond donors (Lipinski definition) is 2. The van der Waals surface area contributed by atoms with Crippen molar-refractivity contribution in [3.8, 4) is 0 Å². The summed E-state index contributed by atoms with van der Waals surface area (Å²) in [5.41, 5.74) is 3.25. The molecule has 5 rings (SSSR count). The Morgan fingerprint density at radius 2 is 1.15 bits per heavy atom. The standard InChI is InChI=1S/C33H31NO6/c35-28-27(33(37)40-29(25-17-9-3-10-18-25)26-19-11-4-12-20-26)34-32(36)31(39-22-24-15-7-2-8-16-24)30(28)38-21-23-13-5-1-6-14-23/h1-20,27-31,35H,21-22H2,(H,34,36)/t27-,28-,30-,31+/m0/s1. The fraction of sp³-hybridized carbons (Fsp3) is 0.212. The third-order valence-corrected chi connectivity index (χ3v) is 6.78. The molecule has 0 radical (unpaired) electrons. The summed E-state index contributed by atoms with van der Waals surface area (Å²) < 4.78 is 18.0. The molecule has 0 aliphatic carbocycles. The van der Waals surface area contributed by atoms with E-state index in [2.05, 4.69) is 5.32 Å². The molecule has 4 aromatic rings. The first-order valence-electron chi connectivity index (χ1n) is 13.2. The molecule has 0 saturated carbocycles.